The maximum absolute atomic E-state index is 14.8. The molecule has 0 spiro atoms. The lowest BCUT2D eigenvalue weighted by molar-refractivity contribution is -0.134. The van der Waals surface area contributed by atoms with Crippen LogP contribution in [0.3, 0.4) is 0 Å². The molecule has 0 bridgehead atoms. The summed E-state index contributed by atoms with van der Waals surface area (Å²) in [5, 5.41) is 27.6. The van der Waals surface area contributed by atoms with E-state index in [-0.39, 0.29) is 23.7 Å². The van der Waals surface area contributed by atoms with E-state index in [0.717, 1.165) is 11.9 Å². The standard InChI is InChI=1S/C30H33F3N6O4S/c31-20-3-6-25(35-16-20)39-24(17-40)26(19-1-4-21(5-2-19)38-11-13-44(42,43)14-12-38)27(37-39)22-7-8-30(32,33)15-23(22)28(41)36-29(18-34)9-10-29/h1-6,16,22-23,40,42-43H,7-15,17H2,(H,36,41)/t22-,23-/m1/s1. The molecule has 1 aliphatic heterocycles. The van der Waals surface area contributed by atoms with Gasteiger partial charge >= 0.3 is 0 Å². The van der Waals surface area contributed by atoms with Gasteiger partial charge in [-0.15, -0.1) is 0 Å². The molecule has 1 aromatic carbocycles. The Bertz CT molecular complexity index is 1580. The first-order chi connectivity index (χ1) is 20.9. The Morgan fingerprint density at radius 2 is 1.82 bits per heavy atom. The van der Waals surface area contributed by atoms with Crippen LogP contribution in [0.2, 0.25) is 0 Å². The normalized spacial score (nSPS) is 24.2. The van der Waals surface area contributed by atoms with Crippen LogP contribution in [-0.2, 0) is 11.4 Å². The monoisotopic (exact) mass is 630 g/mol. The highest BCUT2D eigenvalue weighted by Gasteiger charge is 2.51. The van der Waals surface area contributed by atoms with Crippen molar-refractivity contribution in [3.63, 3.8) is 0 Å². The van der Waals surface area contributed by atoms with Gasteiger partial charge in [-0.3, -0.25) is 13.9 Å². The summed E-state index contributed by atoms with van der Waals surface area (Å²) in [6.45, 7) is 0.435. The van der Waals surface area contributed by atoms with Gasteiger partial charge < -0.3 is 15.3 Å². The summed E-state index contributed by atoms with van der Waals surface area (Å²) in [6, 6.07) is 12.0. The Balaban J connectivity index is 1.43. The van der Waals surface area contributed by atoms with Crippen LogP contribution < -0.4 is 10.2 Å². The summed E-state index contributed by atoms with van der Waals surface area (Å²) in [6.07, 6.45) is 0.677. The SMILES string of the molecule is N#CC1(NC(=O)[C@@H]2CC(F)(F)CC[C@H]2c2nn(-c3ccc(F)cn3)c(CO)c2-c2ccc(N3CCS(O)(O)CC3)cc2)CC1. The van der Waals surface area contributed by atoms with Crippen LogP contribution >= 0.6 is 10.6 Å². The molecule has 3 fully saturated rings. The number of hydrogen-bond acceptors (Lipinski definition) is 8. The van der Waals surface area contributed by atoms with Gasteiger partial charge in [-0.05, 0) is 49.1 Å². The van der Waals surface area contributed by atoms with E-state index in [9.17, 15) is 37.4 Å². The van der Waals surface area contributed by atoms with Gasteiger partial charge in [-0.25, -0.2) is 22.8 Å². The zero-order chi connectivity index (χ0) is 31.3. The summed E-state index contributed by atoms with van der Waals surface area (Å²) < 4.78 is 64.6. The predicted molar refractivity (Wildman–Crippen MR) is 158 cm³/mol. The van der Waals surface area contributed by atoms with E-state index in [2.05, 4.69) is 16.4 Å². The number of amides is 1. The second-order valence-corrected chi connectivity index (χ2v) is 14.3. The number of nitriles is 1. The molecule has 2 atom stereocenters. The minimum absolute atomic E-state index is 0.0609. The molecule has 2 aliphatic carbocycles. The fraction of sp³-hybridized carbons (Fsp3) is 0.467. The van der Waals surface area contributed by atoms with Gasteiger partial charge in [-0.2, -0.15) is 21.0 Å². The molecule has 2 aromatic heterocycles. The average Bonchev–Trinajstić information content (AvgIpc) is 3.67. The third kappa shape index (κ3) is 6.01. The number of nitrogens with zero attached hydrogens (tertiary/aromatic N) is 5. The van der Waals surface area contributed by atoms with Gasteiger partial charge in [0.15, 0.2) is 5.82 Å². The predicted octanol–water partition coefficient (Wildman–Crippen LogP) is 4.83. The molecule has 10 nitrogen and oxygen atoms in total. The molecule has 6 rings (SSSR count). The molecular weight excluding hydrogens is 597 g/mol. The Hall–Kier alpha value is -3.64. The van der Waals surface area contributed by atoms with Crippen LogP contribution in [0.15, 0.2) is 42.6 Å². The molecule has 3 aliphatic rings. The van der Waals surface area contributed by atoms with E-state index in [1.165, 1.54) is 16.8 Å². The average molecular weight is 631 g/mol. The van der Waals surface area contributed by atoms with Crippen molar-refractivity contribution in [3.8, 4) is 23.0 Å². The molecule has 3 heterocycles. The van der Waals surface area contributed by atoms with Crippen LogP contribution in [0.5, 0.6) is 0 Å². The van der Waals surface area contributed by atoms with E-state index in [4.69, 9.17) is 5.10 Å². The molecule has 3 aromatic rings. The topological polar surface area (TPSA) is 148 Å². The Kier molecular flexibility index (Phi) is 7.86. The fourth-order valence-corrected chi connectivity index (χ4v) is 7.38. The summed E-state index contributed by atoms with van der Waals surface area (Å²) in [5.74, 6) is -5.49. The van der Waals surface area contributed by atoms with Crippen molar-refractivity contribution in [2.75, 3.05) is 29.5 Å². The van der Waals surface area contributed by atoms with Crippen LogP contribution in [0.4, 0.5) is 18.9 Å². The molecule has 0 unspecified atom stereocenters. The lowest BCUT2D eigenvalue weighted by Gasteiger charge is -2.41. The lowest BCUT2D eigenvalue weighted by atomic mass is 9.73. The molecule has 1 saturated heterocycles. The van der Waals surface area contributed by atoms with E-state index < -0.39 is 65.1 Å². The van der Waals surface area contributed by atoms with Gasteiger partial charge in [0.25, 0.3) is 0 Å². The third-order valence-corrected chi connectivity index (χ3v) is 10.5. The van der Waals surface area contributed by atoms with Gasteiger partial charge in [0.1, 0.15) is 11.4 Å². The number of aromatic nitrogens is 3. The van der Waals surface area contributed by atoms with Crippen molar-refractivity contribution in [2.45, 2.75) is 56.1 Å². The number of nitrogens with one attached hydrogen (secondary N) is 1. The Labute approximate surface area is 253 Å². The molecule has 234 valence electrons. The number of pyridine rings is 1. The molecule has 2 saturated carbocycles. The third-order valence-electron chi connectivity index (χ3n) is 8.82. The summed E-state index contributed by atoms with van der Waals surface area (Å²) in [4.78, 5) is 19.6. The van der Waals surface area contributed by atoms with Crippen molar-refractivity contribution >= 4 is 22.2 Å². The maximum atomic E-state index is 14.8. The number of benzene rings is 1. The second kappa shape index (κ2) is 11.4. The Morgan fingerprint density at radius 1 is 1.11 bits per heavy atom. The lowest BCUT2D eigenvalue weighted by Crippen LogP contribution is -2.45. The number of aliphatic hydroxyl groups excluding tert-OH is 1. The number of carbonyl (C=O) groups excluding carboxylic acids is 1. The van der Waals surface area contributed by atoms with Gasteiger partial charge in [0, 0.05) is 43.1 Å². The first kappa shape index (κ1) is 30.4. The van der Waals surface area contributed by atoms with Crippen molar-refractivity contribution in [1.29, 1.82) is 5.26 Å². The van der Waals surface area contributed by atoms with Crippen molar-refractivity contribution in [3.05, 3.63) is 59.8 Å². The molecular formula is C30H33F3N6O4S. The molecule has 14 heteroatoms. The number of hydrogen-bond donors (Lipinski definition) is 4. The van der Waals surface area contributed by atoms with E-state index in [1.54, 1.807) is 0 Å². The van der Waals surface area contributed by atoms with Gasteiger partial charge in [-0.1, -0.05) is 12.1 Å². The highest BCUT2D eigenvalue weighted by atomic mass is 32.3. The summed E-state index contributed by atoms with van der Waals surface area (Å²) in [5.41, 5.74) is 1.52. The largest absolute Gasteiger partial charge is 0.390 e. The minimum atomic E-state index is -3.08. The number of rotatable bonds is 7. The molecule has 44 heavy (non-hydrogen) atoms. The van der Waals surface area contributed by atoms with Gasteiger partial charge in [0.05, 0.1) is 47.7 Å². The number of halogens is 3. The maximum Gasteiger partial charge on any atom is 0.249 e. The zero-order valence-electron chi connectivity index (χ0n) is 23.8. The summed E-state index contributed by atoms with van der Waals surface area (Å²) >= 11 is 0. The number of aliphatic hydroxyl groups is 1. The van der Waals surface area contributed by atoms with E-state index in [0.29, 0.717) is 48.4 Å². The van der Waals surface area contributed by atoms with E-state index in [1.807, 2.05) is 29.2 Å². The van der Waals surface area contributed by atoms with Crippen LogP contribution in [0.1, 0.15) is 49.4 Å². The summed E-state index contributed by atoms with van der Waals surface area (Å²) in [7, 11) is -2.57. The number of anilines is 1. The molecule has 1 amide bonds. The second-order valence-electron chi connectivity index (χ2n) is 11.9. The van der Waals surface area contributed by atoms with E-state index >= 15 is 0 Å². The molecule has 4 N–H and O–H groups in total. The fourth-order valence-electron chi connectivity index (χ4n) is 6.15. The Morgan fingerprint density at radius 3 is 2.41 bits per heavy atom. The van der Waals surface area contributed by atoms with Crippen molar-refractivity contribution in [2.24, 2.45) is 5.92 Å². The quantitative estimate of drug-likeness (QED) is 0.290. The first-order valence-electron chi connectivity index (χ1n) is 14.5. The minimum Gasteiger partial charge on any atom is -0.390 e. The van der Waals surface area contributed by atoms with Gasteiger partial charge in [0.2, 0.25) is 11.8 Å². The van der Waals surface area contributed by atoms with Crippen LogP contribution in [-0.4, -0.2) is 70.9 Å². The van der Waals surface area contributed by atoms with Crippen molar-refractivity contribution in [1.82, 2.24) is 20.1 Å². The smallest absolute Gasteiger partial charge is 0.249 e. The highest BCUT2D eigenvalue weighted by molar-refractivity contribution is 8.24. The van der Waals surface area contributed by atoms with Crippen molar-refractivity contribution < 1.29 is 32.2 Å². The zero-order valence-corrected chi connectivity index (χ0v) is 24.6. The van der Waals surface area contributed by atoms with Crippen LogP contribution in [0.25, 0.3) is 16.9 Å². The first-order valence-corrected chi connectivity index (χ1v) is 16.4. The number of alkyl halides is 2. The number of carbonyl (C=O) groups is 1. The highest BCUT2D eigenvalue weighted by Crippen LogP contribution is 2.49. The molecule has 0 radical (unpaired) electrons. The van der Waals surface area contributed by atoms with Crippen LogP contribution in [0, 0.1) is 23.1 Å².